The van der Waals surface area contributed by atoms with Crippen LogP contribution in [-0.2, 0) is 16.8 Å². The van der Waals surface area contributed by atoms with Gasteiger partial charge in [0.1, 0.15) is 18.0 Å². The van der Waals surface area contributed by atoms with Crippen LogP contribution in [0.1, 0.15) is 46.3 Å². The molecule has 0 bridgehead atoms. The molecule has 0 aliphatic carbocycles. The first-order chi connectivity index (χ1) is 13.1. The molecule has 3 N–H and O–H groups in total. The molecule has 2 aliphatic heterocycles. The topological polar surface area (TPSA) is 93.4 Å². The fourth-order valence-corrected chi connectivity index (χ4v) is 5.05. The molecule has 4 rings (SSSR count). The molecule has 0 aromatic carbocycles. The number of carbonyl (C=O) groups is 1. The second kappa shape index (κ2) is 7.44. The van der Waals surface area contributed by atoms with E-state index < -0.39 is 0 Å². The number of nitrogens with two attached hydrogens (primary N) is 1. The van der Waals surface area contributed by atoms with Gasteiger partial charge in [-0.15, -0.1) is 11.3 Å². The van der Waals surface area contributed by atoms with Crippen molar-refractivity contribution < 1.29 is 9.53 Å². The summed E-state index contributed by atoms with van der Waals surface area (Å²) in [6, 6.07) is 3.87. The van der Waals surface area contributed by atoms with Crippen LogP contribution in [0.4, 0.5) is 11.6 Å². The molecule has 2 aliphatic rings. The minimum Gasteiger partial charge on any atom is -0.384 e. The van der Waals surface area contributed by atoms with E-state index in [-0.39, 0.29) is 11.5 Å². The van der Waals surface area contributed by atoms with Crippen molar-refractivity contribution in [2.75, 3.05) is 36.9 Å². The van der Waals surface area contributed by atoms with E-state index >= 15 is 0 Å². The molecule has 1 amide bonds. The molecule has 2 aromatic heterocycles. The number of nitrogen functional groups attached to an aromatic ring is 1. The Kier molecular flexibility index (Phi) is 5.01. The van der Waals surface area contributed by atoms with Crippen molar-refractivity contribution in [1.82, 2.24) is 15.3 Å². The van der Waals surface area contributed by atoms with Crippen LogP contribution in [0.3, 0.4) is 0 Å². The van der Waals surface area contributed by atoms with Crippen molar-refractivity contribution >= 4 is 28.9 Å². The van der Waals surface area contributed by atoms with E-state index in [1.165, 1.54) is 16.8 Å². The summed E-state index contributed by atoms with van der Waals surface area (Å²) in [4.78, 5) is 25.0. The lowest BCUT2D eigenvalue weighted by molar-refractivity contribution is -0.0757. The van der Waals surface area contributed by atoms with Gasteiger partial charge in [0.05, 0.1) is 17.1 Å². The fourth-order valence-electron chi connectivity index (χ4n) is 3.90. The van der Waals surface area contributed by atoms with Crippen molar-refractivity contribution in [1.29, 1.82) is 0 Å². The number of anilines is 2. The predicted molar refractivity (Wildman–Crippen MR) is 106 cm³/mol. The van der Waals surface area contributed by atoms with Crippen molar-refractivity contribution in [3.8, 4) is 0 Å². The van der Waals surface area contributed by atoms with Gasteiger partial charge in [-0.1, -0.05) is 6.92 Å². The number of rotatable bonds is 4. The Balaban J connectivity index is 1.53. The number of ether oxygens (including phenoxy) is 1. The summed E-state index contributed by atoms with van der Waals surface area (Å²) in [7, 11) is 0. The normalized spacial score (nSPS) is 18.3. The van der Waals surface area contributed by atoms with Gasteiger partial charge in [0.25, 0.3) is 5.91 Å². The number of hydrogen-bond acceptors (Lipinski definition) is 7. The van der Waals surface area contributed by atoms with Gasteiger partial charge in [-0.25, -0.2) is 9.97 Å². The average molecular weight is 388 g/mol. The molecule has 0 saturated carbocycles. The van der Waals surface area contributed by atoms with E-state index in [0.29, 0.717) is 19.0 Å². The molecule has 7 nitrogen and oxygen atoms in total. The van der Waals surface area contributed by atoms with Crippen LogP contribution in [0, 0.1) is 0 Å². The highest BCUT2D eigenvalue weighted by atomic mass is 32.1. The molecule has 1 spiro atoms. The second-order valence-electron chi connectivity index (χ2n) is 7.08. The largest absolute Gasteiger partial charge is 0.384 e. The van der Waals surface area contributed by atoms with E-state index in [1.807, 2.05) is 6.07 Å². The summed E-state index contributed by atoms with van der Waals surface area (Å²) >= 11 is 1.62. The van der Waals surface area contributed by atoms with Crippen molar-refractivity contribution in [3.63, 3.8) is 0 Å². The van der Waals surface area contributed by atoms with E-state index in [4.69, 9.17) is 10.5 Å². The molecule has 8 heteroatoms. The Morgan fingerprint density at radius 1 is 1.37 bits per heavy atom. The van der Waals surface area contributed by atoms with Gasteiger partial charge in [0.15, 0.2) is 0 Å². The molecule has 0 radical (unpaired) electrons. The highest BCUT2D eigenvalue weighted by Crippen LogP contribution is 2.45. The molecule has 0 atom stereocenters. The highest BCUT2D eigenvalue weighted by molar-refractivity contribution is 7.14. The summed E-state index contributed by atoms with van der Waals surface area (Å²) in [5.74, 6) is 1.37. The highest BCUT2D eigenvalue weighted by Gasteiger charge is 2.42. The summed E-state index contributed by atoms with van der Waals surface area (Å²) in [5, 5.41) is 2.98. The monoisotopic (exact) mass is 387 g/mol. The lowest BCUT2D eigenvalue weighted by Gasteiger charge is -2.44. The minimum atomic E-state index is -0.289. The fraction of sp³-hybridized carbons (Fsp3) is 0.526. The molecule has 0 unspecified atom stereocenters. The van der Waals surface area contributed by atoms with Crippen LogP contribution in [0.5, 0.6) is 0 Å². The first-order valence-corrected chi connectivity index (χ1v) is 10.3. The molecule has 4 heterocycles. The molecule has 1 saturated heterocycles. The number of amides is 1. The van der Waals surface area contributed by atoms with Crippen LogP contribution in [0.25, 0.3) is 0 Å². The Morgan fingerprint density at radius 2 is 2.19 bits per heavy atom. The van der Waals surface area contributed by atoms with Crippen LogP contribution < -0.4 is 16.0 Å². The zero-order chi connectivity index (χ0) is 18.9. The molecule has 27 heavy (non-hydrogen) atoms. The smallest absolute Gasteiger partial charge is 0.261 e. The maximum absolute atomic E-state index is 12.4. The van der Waals surface area contributed by atoms with E-state index in [2.05, 4.69) is 33.2 Å². The molecular formula is C19H25N5O2S. The van der Waals surface area contributed by atoms with Gasteiger partial charge in [0, 0.05) is 37.0 Å². The number of aromatic nitrogens is 2. The lowest BCUT2D eigenvalue weighted by atomic mass is 9.82. The molecular weight excluding hydrogens is 362 g/mol. The van der Waals surface area contributed by atoms with Gasteiger partial charge in [-0.2, -0.15) is 0 Å². The van der Waals surface area contributed by atoms with Gasteiger partial charge in [-0.3, -0.25) is 4.79 Å². The molecule has 1 fully saturated rings. The SMILES string of the molecule is CCCNC(=O)c1cc2c(s1)CCOC21CCN(c2cc(N)ncn2)CC1. The summed E-state index contributed by atoms with van der Waals surface area (Å²) in [6.07, 6.45) is 5.07. The van der Waals surface area contributed by atoms with Crippen LogP contribution in [-0.4, -0.2) is 42.1 Å². The molecule has 144 valence electrons. The van der Waals surface area contributed by atoms with Gasteiger partial charge in [-0.05, 0) is 30.9 Å². The van der Waals surface area contributed by atoms with Crippen molar-refractivity contribution in [2.45, 2.75) is 38.2 Å². The molecule has 2 aromatic rings. The Hall–Kier alpha value is -2.19. The number of piperidine rings is 1. The first-order valence-electron chi connectivity index (χ1n) is 9.49. The lowest BCUT2D eigenvalue weighted by Crippen LogP contribution is -2.46. The van der Waals surface area contributed by atoms with Crippen LogP contribution in [0.2, 0.25) is 0 Å². The van der Waals surface area contributed by atoms with E-state index in [1.54, 1.807) is 11.3 Å². The average Bonchev–Trinajstić information content (AvgIpc) is 3.13. The zero-order valence-corrected chi connectivity index (χ0v) is 16.3. The zero-order valence-electron chi connectivity index (χ0n) is 15.5. The van der Waals surface area contributed by atoms with Crippen LogP contribution in [0.15, 0.2) is 18.5 Å². The Morgan fingerprint density at radius 3 is 2.93 bits per heavy atom. The third kappa shape index (κ3) is 3.51. The Labute approximate surface area is 162 Å². The van der Waals surface area contributed by atoms with Gasteiger partial charge < -0.3 is 20.7 Å². The maximum atomic E-state index is 12.4. The van der Waals surface area contributed by atoms with E-state index in [9.17, 15) is 4.79 Å². The van der Waals surface area contributed by atoms with Crippen molar-refractivity contribution in [3.05, 3.63) is 33.8 Å². The van der Waals surface area contributed by atoms with Crippen LogP contribution >= 0.6 is 11.3 Å². The number of thiophene rings is 1. The number of carbonyl (C=O) groups excluding carboxylic acids is 1. The third-order valence-electron chi connectivity index (χ3n) is 5.34. The number of nitrogens with zero attached hydrogens (tertiary/aromatic N) is 3. The van der Waals surface area contributed by atoms with E-state index in [0.717, 1.165) is 49.5 Å². The third-order valence-corrected chi connectivity index (χ3v) is 6.53. The standard InChI is InChI=1S/C19H25N5O2S/c1-2-6-21-18(25)15-10-13-14(27-15)3-9-26-19(13)4-7-24(8-5-19)17-11-16(20)22-12-23-17/h10-12H,2-9H2,1H3,(H,21,25)(H2,20,22,23). The minimum absolute atomic E-state index is 0.0281. The van der Waals surface area contributed by atoms with Gasteiger partial charge in [0.2, 0.25) is 0 Å². The van der Waals surface area contributed by atoms with Crippen molar-refractivity contribution in [2.24, 2.45) is 0 Å². The quantitative estimate of drug-likeness (QED) is 0.836. The predicted octanol–water partition coefficient (Wildman–Crippen LogP) is 2.33. The number of nitrogens with one attached hydrogen (secondary N) is 1. The summed E-state index contributed by atoms with van der Waals surface area (Å²) < 4.78 is 6.31. The number of fused-ring (bicyclic) bond motifs is 2. The first kappa shape index (κ1) is 18.2. The Bertz CT molecular complexity index is 829. The maximum Gasteiger partial charge on any atom is 0.261 e. The summed E-state index contributed by atoms with van der Waals surface area (Å²) in [6.45, 7) is 5.15. The second-order valence-corrected chi connectivity index (χ2v) is 8.22. The number of hydrogen-bond donors (Lipinski definition) is 2. The summed E-state index contributed by atoms with van der Waals surface area (Å²) in [5.41, 5.74) is 6.71. The van der Waals surface area contributed by atoms with Gasteiger partial charge >= 0.3 is 0 Å².